The summed E-state index contributed by atoms with van der Waals surface area (Å²) in [5, 5.41) is 22.4. The van der Waals surface area contributed by atoms with Crippen LogP contribution in [-0.2, 0) is 6.54 Å². The lowest BCUT2D eigenvalue weighted by Crippen LogP contribution is -2.45. The van der Waals surface area contributed by atoms with Crippen molar-refractivity contribution >= 4 is 23.9 Å². The van der Waals surface area contributed by atoms with Gasteiger partial charge in [-0.25, -0.2) is 10.1 Å². The molecule has 0 spiro atoms. The van der Waals surface area contributed by atoms with Crippen LogP contribution in [0.2, 0.25) is 5.02 Å². The molecule has 0 bridgehead atoms. The summed E-state index contributed by atoms with van der Waals surface area (Å²) in [5.74, 6) is 0.168. The van der Waals surface area contributed by atoms with E-state index in [4.69, 9.17) is 17.0 Å². The number of nitrogens with one attached hydrogen (secondary N) is 2. The lowest BCUT2D eigenvalue weighted by Gasteiger charge is -2.27. The molecule has 7 heteroatoms. The molecule has 0 amide bonds. The minimum absolute atomic E-state index is 0.168. The lowest BCUT2D eigenvalue weighted by atomic mass is 10.2. The number of hydrogen-bond acceptors (Lipinski definition) is 3. The highest BCUT2D eigenvalue weighted by atomic mass is 35.5. The topological polar surface area (TPSA) is 75.0 Å². The quantitative estimate of drug-likeness (QED) is 0.448. The Morgan fingerprint density at radius 3 is 2.70 bits per heavy atom. The zero-order chi connectivity index (χ0) is 14.4. The molecule has 1 aromatic carbocycles. The summed E-state index contributed by atoms with van der Waals surface area (Å²) in [7, 11) is 0. The number of rotatable bonds is 3. The van der Waals surface area contributed by atoms with E-state index in [1.54, 1.807) is 12.1 Å². The fraction of sp³-hybridized carbons (Fsp3) is 0.385. The molecule has 0 aliphatic carbocycles. The molecule has 0 unspecified atom stereocenters. The predicted molar refractivity (Wildman–Crippen MR) is 79.4 cm³/mol. The smallest absolute Gasteiger partial charge is 0.219 e. The zero-order valence-electron chi connectivity index (χ0n) is 11.1. The Balaban J connectivity index is 1.83. The molecule has 0 aromatic heterocycles. The average molecular weight is 296 g/mol. The first kappa shape index (κ1) is 14.8. The molecule has 2 rings (SSSR count). The van der Waals surface area contributed by atoms with Crippen LogP contribution in [0.5, 0.6) is 0 Å². The van der Waals surface area contributed by atoms with E-state index < -0.39 is 0 Å². The first-order valence-corrected chi connectivity index (χ1v) is 6.81. The lowest BCUT2D eigenvalue weighted by molar-refractivity contribution is -0.0164. The SMILES string of the molecule is N=C(/N=C\N(O)Cc1ccc(Cl)cc1)N1CCNCC1. The van der Waals surface area contributed by atoms with Gasteiger partial charge in [0.1, 0.15) is 6.34 Å². The fourth-order valence-corrected chi connectivity index (χ4v) is 2.02. The summed E-state index contributed by atoms with van der Waals surface area (Å²) < 4.78 is 0. The Labute approximate surface area is 123 Å². The second-order valence-electron chi connectivity index (χ2n) is 4.53. The summed E-state index contributed by atoms with van der Waals surface area (Å²) in [5.41, 5.74) is 0.914. The highest BCUT2D eigenvalue weighted by Crippen LogP contribution is 2.10. The zero-order valence-corrected chi connectivity index (χ0v) is 11.8. The molecular formula is C13H18ClN5O. The highest BCUT2D eigenvalue weighted by molar-refractivity contribution is 6.30. The Hall–Kier alpha value is -1.63. The van der Waals surface area contributed by atoms with Crippen molar-refractivity contribution in [3.05, 3.63) is 34.9 Å². The van der Waals surface area contributed by atoms with Crippen LogP contribution in [0.15, 0.2) is 29.3 Å². The number of nitrogens with zero attached hydrogens (tertiary/aromatic N) is 3. The van der Waals surface area contributed by atoms with Crippen LogP contribution in [0.3, 0.4) is 0 Å². The molecular weight excluding hydrogens is 278 g/mol. The van der Waals surface area contributed by atoms with E-state index >= 15 is 0 Å². The van der Waals surface area contributed by atoms with E-state index in [9.17, 15) is 5.21 Å². The second-order valence-corrected chi connectivity index (χ2v) is 4.97. The van der Waals surface area contributed by atoms with Crippen LogP contribution in [-0.4, -0.2) is 53.6 Å². The van der Waals surface area contributed by atoms with Crippen LogP contribution >= 0.6 is 11.6 Å². The number of guanidine groups is 1. The van der Waals surface area contributed by atoms with Crippen LogP contribution < -0.4 is 5.32 Å². The first-order chi connectivity index (χ1) is 9.65. The van der Waals surface area contributed by atoms with Gasteiger partial charge in [-0.1, -0.05) is 23.7 Å². The third-order valence-corrected chi connectivity index (χ3v) is 3.24. The van der Waals surface area contributed by atoms with Gasteiger partial charge in [-0.05, 0) is 17.7 Å². The maximum absolute atomic E-state index is 9.74. The van der Waals surface area contributed by atoms with Gasteiger partial charge in [0, 0.05) is 31.2 Å². The summed E-state index contributed by atoms with van der Waals surface area (Å²) in [6.07, 6.45) is 1.26. The Kier molecular flexibility index (Phi) is 5.34. The Morgan fingerprint density at radius 2 is 2.05 bits per heavy atom. The molecule has 1 aliphatic heterocycles. The summed E-state index contributed by atoms with van der Waals surface area (Å²) >= 11 is 5.80. The number of piperazine rings is 1. The summed E-state index contributed by atoms with van der Waals surface area (Å²) in [6.45, 7) is 3.53. The third-order valence-electron chi connectivity index (χ3n) is 2.99. The van der Waals surface area contributed by atoms with Gasteiger partial charge in [-0.15, -0.1) is 0 Å². The van der Waals surface area contributed by atoms with Crippen LogP contribution in [0.4, 0.5) is 0 Å². The van der Waals surface area contributed by atoms with E-state index in [2.05, 4.69) is 10.3 Å². The minimum atomic E-state index is 0.168. The van der Waals surface area contributed by atoms with Gasteiger partial charge in [-0.2, -0.15) is 0 Å². The highest BCUT2D eigenvalue weighted by Gasteiger charge is 2.11. The largest absolute Gasteiger partial charge is 0.339 e. The summed E-state index contributed by atoms with van der Waals surface area (Å²) in [6, 6.07) is 7.21. The Morgan fingerprint density at radius 1 is 1.40 bits per heavy atom. The second kappa shape index (κ2) is 7.23. The molecule has 1 saturated heterocycles. The molecule has 1 heterocycles. The van der Waals surface area contributed by atoms with Crippen molar-refractivity contribution in [2.45, 2.75) is 6.54 Å². The molecule has 1 aliphatic rings. The predicted octanol–water partition coefficient (Wildman–Crippen LogP) is 1.40. The fourth-order valence-electron chi connectivity index (χ4n) is 1.90. The van der Waals surface area contributed by atoms with Crippen LogP contribution in [0, 0.1) is 5.41 Å². The molecule has 1 aromatic rings. The van der Waals surface area contributed by atoms with E-state index in [0.717, 1.165) is 36.8 Å². The summed E-state index contributed by atoms with van der Waals surface area (Å²) in [4.78, 5) is 5.83. The van der Waals surface area contributed by atoms with E-state index in [1.807, 2.05) is 17.0 Å². The molecule has 20 heavy (non-hydrogen) atoms. The maximum atomic E-state index is 9.74. The van der Waals surface area contributed by atoms with Gasteiger partial charge in [-0.3, -0.25) is 10.6 Å². The van der Waals surface area contributed by atoms with Gasteiger partial charge >= 0.3 is 0 Å². The van der Waals surface area contributed by atoms with E-state index in [0.29, 0.717) is 11.6 Å². The average Bonchev–Trinajstić information content (AvgIpc) is 2.48. The van der Waals surface area contributed by atoms with Crippen molar-refractivity contribution < 1.29 is 5.21 Å². The maximum Gasteiger partial charge on any atom is 0.219 e. The number of halogens is 1. The number of hydroxylamine groups is 2. The van der Waals surface area contributed by atoms with Gasteiger partial charge in [0.2, 0.25) is 5.96 Å². The first-order valence-electron chi connectivity index (χ1n) is 6.43. The number of benzene rings is 1. The van der Waals surface area contributed by atoms with E-state index in [1.165, 1.54) is 6.34 Å². The van der Waals surface area contributed by atoms with Gasteiger partial charge in [0.15, 0.2) is 0 Å². The van der Waals surface area contributed by atoms with Crippen molar-refractivity contribution in [1.29, 1.82) is 5.41 Å². The van der Waals surface area contributed by atoms with E-state index in [-0.39, 0.29) is 5.96 Å². The molecule has 6 nitrogen and oxygen atoms in total. The standard InChI is InChI=1S/C13H18ClN5O/c14-12-3-1-11(2-4-12)9-19(20)10-17-13(15)18-7-5-16-6-8-18/h1-4,10,15-16,20H,5-9H2/b15-13?,17-10-. The van der Waals surface area contributed by atoms with Gasteiger partial charge < -0.3 is 10.2 Å². The van der Waals surface area contributed by atoms with Crippen molar-refractivity contribution in [2.75, 3.05) is 26.2 Å². The Bertz CT molecular complexity index is 470. The normalized spacial score (nSPS) is 15.6. The van der Waals surface area contributed by atoms with Gasteiger partial charge in [0.05, 0.1) is 6.54 Å². The third kappa shape index (κ3) is 4.48. The van der Waals surface area contributed by atoms with Crippen molar-refractivity contribution in [3.8, 4) is 0 Å². The van der Waals surface area contributed by atoms with Crippen molar-refractivity contribution in [3.63, 3.8) is 0 Å². The molecule has 0 saturated carbocycles. The van der Waals surface area contributed by atoms with Crippen LogP contribution in [0.1, 0.15) is 5.56 Å². The number of aliphatic imine (C=N–C) groups is 1. The number of hydrogen-bond donors (Lipinski definition) is 3. The minimum Gasteiger partial charge on any atom is -0.339 e. The molecule has 108 valence electrons. The van der Waals surface area contributed by atoms with Crippen molar-refractivity contribution in [2.24, 2.45) is 4.99 Å². The molecule has 1 fully saturated rings. The molecule has 3 N–H and O–H groups in total. The van der Waals surface area contributed by atoms with Crippen LogP contribution in [0.25, 0.3) is 0 Å². The van der Waals surface area contributed by atoms with Gasteiger partial charge in [0.25, 0.3) is 0 Å². The molecule has 0 radical (unpaired) electrons. The van der Waals surface area contributed by atoms with Crippen molar-refractivity contribution in [1.82, 2.24) is 15.3 Å². The molecule has 0 atom stereocenters. The monoisotopic (exact) mass is 295 g/mol.